The highest BCUT2D eigenvalue weighted by molar-refractivity contribution is 5.82. The molecule has 164 valence electrons. The number of amides is 1. The molecular weight excluding hydrogens is 401 g/mol. The van der Waals surface area contributed by atoms with E-state index in [1.165, 1.54) is 0 Å². The molecule has 0 aliphatic rings. The Hall–Kier alpha value is -2.91. The van der Waals surface area contributed by atoms with Gasteiger partial charge < -0.3 is 20.9 Å². The Bertz CT molecular complexity index is 797. The highest BCUT2D eigenvalue weighted by Crippen LogP contribution is 2.19. The van der Waals surface area contributed by atoms with Gasteiger partial charge in [-0.1, -0.05) is 60.7 Å². The number of carbonyl (C=O) groups excluding carboxylic acids is 1. The van der Waals surface area contributed by atoms with Crippen LogP contribution in [0.15, 0.2) is 60.7 Å². The summed E-state index contributed by atoms with van der Waals surface area (Å²) in [5, 5.41) is 10.1. The maximum Gasteiger partial charge on any atom is 0.490 e. The van der Waals surface area contributed by atoms with Gasteiger partial charge in [0.15, 0.2) is 0 Å². The Labute approximate surface area is 172 Å². The van der Waals surface area contributed by atoms with Gasteiger partial charge in [-0.15, -0.1) is 0 Å². The zero-order chi connectivity index (χ0) is 22.8. The number of hydrogen-bond donors (Lipinski definition) is 3. The number of aliphatic carboxylic acids is 1. The fourth-order valence-electron chi connectivity index (χ4n) is 2.28. The number of carboxylic acid groups (broad SMARTS) is 1. The van der Waals surface area contributed by atoms with Crippen molar-refractivity contribution >= 4 is 11.9 Å². The topological polar surface area (TPSA) is 102 Å². The molecule has 6 nitrogen and oxygen atoms in total. The van der Waals surface area contributed by atoms with Gasteiger partial charge in [-0.25, -0.2) is 4.79 Å². The van der Waals surface area contributed by atoms with Crippen molar-refractivity contribution in [3.05, 3.63) is 71.8 Å². The Kier molecular flexibility index (Phi) is 9.48. The van der Waals surface area contributed by atoms with Gasteiger partial charge in [0.25, 0.3) is 0 Å². The van der Waals surface area contributed by atoms with Crippen LogP contribution < -0.4 is 11.1 Å². The molecule has 2 aromatic rings. The van der Waals surface area contributed by atoms with Gasteiger partial charge in [-0.05, 0) is 25.0 Å². The lowest BCUT2D eigenvalue weighted by Gasteiger charge is -2.28. The second-order valence-corrected chi connectivity index (χ2v) is 6.89. The fourth-order valence-corrected chi connectivity index (χ4v) is 2.28. The van der Waals surface area contributed by atoms with Crippen molar-refractivity contribution in [2.75, 3.05) is 6.61 Å². The number of benzene rings is 2. The standard InChI is InChI=1S/C19H24N2O2.C2HF3O2/c1-19(2,16-11-7-4-8-12-16)21-18(22)17(20)14-23-13-15-9-5-3-6-10-15;3-2(4,5)1(6)7/h3-12,17H,13-14,20H2,1-2H3,(H,21,22);(H,6,7)/t17-;/m0./s1. The molecule has 0 saturated heterocycles. The number of nitrogens with two attached hydrogens (primary N) is 1. The summed E-state index contributed by atoms with van der Waals surface area (Å²) in [6, 6.07) is 18.9. The Morgan fingerprint density at radius 1 is 1.03 bits per heavy atom. The summed E-state index contributed by atoms with van der Waals surface area (Å²) in [5.74, 6) is -2.97. The van der Waals surface area contributed by atoms with Gasteiger partial charge in [0.05, 0.1) is 18.8 Å². The summed E-state index contributed by atoms with van der Waals surface area (Å²) in [6.45, 7) is 4.55. The van der Waals surface area contributed by atoms with Crippen LogP contribution in [0.5, 0.6) is 0 Å². The maximum atomic E-state index is 12.3. The van der Waals surface area contributed by atoms with Crippen LogP contribution in [0.25, 0.3) is 0 Å². The van der Waals surface area contributed by atoms with Crippen LogP contribution in [-0.2, 0) is 26.5 Å². The minimum absolute atomic E-state index is 0.186. The van der Waals surface area contributed by atoms with Gasteiger partial charge in [0.1, 0.15) is 6.04 Å². The van der Waals surface area contributed by atoms with Crippen LogP contribution >= 0.6 is 0 Å². The Morgan fingerprint density at radius 2 is 1.50 bits per heavy atom. The van der Waals surface area contributed by atoms with E-state index < -0.39 is 23.7 Å². The van der Waals surface area contributed by atoms with Crippen molar-refractivity contribution in [1.82, 2.24) is 5.32 Å². The molecule has 0 aliphatic heterocycles. The number of carboxylic acids is 1. The summed E-state index contributed by atoms with van der Waals surface area (Å²) in [5.41, 5.74) is 7.55. The average molecular weight is 426 g/mol. The van der Waals surface area contributed by atoms with E-state index in [1.807, 2.05) is 74.5 Å². The molecule has 0 heterocycles. The lowest BCUT2D eigenvalue weighted by molar-refractivity contribution is -0.192. The molecule has 0 aliphatic carbocycles. The summed E-state index contributed by atoms with van der Waals surface area (Å²) in [4.78, 5) is 21.2. The SMILES string of the molecule is CC(C)(NC(=O)[C@@H](N)COCc1ccccc1)c1ccccc1.O=C(O)C(F)(F)F. The molecule has 0 saturated carbocycles. The second kappa shape index (κ2) is 11.3. The lowest BCUT2D eigenvalue weighted by atomic mass is 9.94. The van der Waals surface area contributed by atoms with E-state index in [0.29, 0.717) is 6.61 Å². The van der Waals surface area contributed by atoms with E-state index in [0.717, 1.165) is 11.1 Å². The fraction of sp³-hybridized carbons (Fsp3) is 0.333. The largest absolute Gasteiger partial charge is 0.490 e. The summed E-state index contributed by atoms with van der Waals surface area (Å²) in [6.07, 6.45) is -5.08. The van der Waals surface area contributed by atoms with E-state index in [9.17, 15) is 18.0 Å². The van der Waals surface area contributed by atoms with Crippen molar-refractivity contribution in [2.45, 2.75) is 38.2 Å². The number of hydrogen-bond acceptors (Lipinski definition) is 4. The second-order valence-electron chi connectivity index (χ2n) is 6.89. The average Bonchev–Trinajstić information content (AvgIpc) is 2.69. The smallest absolute Gasteiger partial charge is 0.475 e. The first-order valence-electron chi connectivity index (χ1n) is 8.98. The first-order chi connectivity index (χ1) is 13.9. The molecule has 1 amide bonds. The number of alkyl halides is 3. The van der Waals surface area contributed by atoms with E-state index in [4.69, 9.17) is 20.4 Å². The van der Waals surface area contributed by atoms with Gasteiger partial charge in [-0.3, -0.25) is 4.79 Å². The molecular formula is C21H25F3N2O4. The first-order valence-corrected chi connectivity index (χ1v) is 8.98. The Morgan fingerprint density at radius 3 is 1.97 bits per heavy atom. The third-order valence-corrected chi connectivity index (χ3v) is 3.92. The van der Waals surface area contributed by atoms with Crippen LogP contribution in [0.2, 0.25) is 0 Å². The van der Waals surface area contributed by atoms with E-state index in [1.54, 1.807) is 0 Å². The number of carbonyl (C=O) groups is 2. The van der Waals surface area contributed by atoms with Gasteiger partial charge in [0.2, 0.25) is 5.91 Å². The normalized spacial score (nSPS) is 12.3. The van der Waals surface area contributed by atoms with Crippen molar-refractivity contribution in [2.24, 2.45) is 5.73 Å². The van der Waals surface area contributed by atoms with E-state index in [-0.39, 0.29) is 12.5 Å². The molecule has 0 bridgehead atoms. The summed E-state index contributed by atoms with van der Waals surface area (Å²) in [7, 11) is 0. The lowest BCUT2D eigenvalue weighted by Crippen LogP contribution is -2.50. The van der Waals surface area contributed by atoms with Gasteiger partial charge >= 0.3 is 12.1 Å². The van der Waals surface area contributed by atoms with E-state index >= 15 is 0 Å². The predicted molar refractivity (Wildman–Crippen MR) is 105 cm³/mol. The third kappa shape index (κ3) is 9.06. The number of ether oxygens (including phenoxy) is 1. The highest BCUT2D eigenvalue weighted by Gasteiger charge is 2.38. The summed E-state index contributed by atoms with van der Waals surface area (Å²) >= 11 is 0. The molecule has 0 fully saturated rings. The van der Waals surface area contributed by atoms with Gasteiger partial charge in [-0.2, -0.15) is 13.2 Å². The number of halogens is 3. The number of nitrogens with one attached hydrogen (secondary N) is 1. The molecule has 0 spiro atoms. The van der Waals surface area contributed by atoms with Gasteiger partial charge in [0, 0.05) is 0 Å². The van der Waals surface area contributed by atoms with Crippen LogP contribution in [0.3, 0.4) is 0 Å². The molecule has 30 heavy (non-hydrogen) atoms. The van der Waals surface area contributed by atoms with Crippen LogP contribution in [0.4, 0.5) is 13.2 Å². The van der Waals surface area contributed by atoms with Crippen LogP contribution in [0, 0.1) is 0 Å². The van der Waals surface area contributed by atoms with Crippen LogP contribution in [0.1, 0.15) is 25.0 Å². The zero-order valence-corrected chi connectivity index (χ0v) is 16.6. The van der Waals surface area contributed by atoms with Crippen molar-refractivity contribution in [3.8, 4) is 0 Å². The van der Waals surface area contributed by atoms with Crippen molar-refractivity contribution < 1.29 is 32.6 Å². The minimum atomic E-state index is -5.08. The molecule has 0 unspecified atom stereocenters. The molecule has 4 N–H and O–H groups in total. The highest BCUT2D eigenvalue weighted by atomic mass is 19.4. The minimum Gasteiger partial charge on any atom is -0.475 e. The maximum absolute atomic E-state index is 12.3. The molecule has 2 rings (SSSR count). The molecule has 2 aromatic carbocycles. The van der Waals surface area contributed by atoms with Crippen molar-refractivity contribution in [3.63, 3.8) is 0 Å². The number of rotatable bonds is 7. The predicted octanol–water partition coefficient (Wildman–Crippen LogP) is 3.22. The summed E-state index contributed by atoms with van der Waals surface area (Å²) < 4.78 is 37.3. The molecule has 0 aromatic heterocycles. The molecule has 1 atom stereocenters. The molecule has 0 radical (unpaired) electrons. The van der Waals surface area contributed by atoms with E-state index in [2.05, 4.69) is 5.32 Å². The zero-order valence-electron chi connectivity index (χ0n) is 16.6. The third-order valence-electron chi connectivity index (χ3n) is 3.92. The quantitative estimate of drug-likeness (QED) is 0.631. The monoisotopic (exact) mass is 426 g/mol. The molecule has 9 heteroatoms. The van der Waals surface area contributed by atoms with Crippen LogP contribution in [-0.4, -0.2) is 35.8 Å². The van der Waals surface area contributed by atoms with Crippen molar-refractivity contribution in [1.29, 1.82) is 0 Å². The Balaban J connectivity index is 0.000000553. The first kappa shape index (κ1) is 25.1.